The molecule has 2 aromatic rings. The molecule has 0 aliphatic carbocycles. The number of hydrogen-bond donors (Lipinski definition) is 1. The molecule has 0 aromatic heterocycles. The normalized spacial score (nSPS) is 11.7. The Labute approximate surface area is 175 Å². The molecule has 0 spiro atoms. The molecule has 7 nitrogen and oxygen atoms in total. The Morgan fingerprint density at radius 1 is 1.07 bits per heavy atom. The summed E-state index contributed by atoms with van der Waals surface area (Å²) in [5.41, 5.74) is 0.682. The van der Waals surface area contributed by atoms with Crippen LogP contribution < -0.4 is 10.1 Å². The second kappa shape index (κ2) is 9.70. The van der Waals surface area contributed by atoms with Crippen molar-refractivity contribution in [2.24, 2.45) is 5.41 Å². The van der Waals surface area contributed by atoms with Crippen LogP contribution in [0.1, 0.15) is 43.6 Å². The van der Waals surface area contributed by atoms with Crippen LogP contribution in [0.3, 0.4) is 0 Å². The van der Waals surface area contributed by atoms with Gasteiger partial charge in [-0.05, 0) is 43.3 Å². The Bertz CT molecular complexity index is 968. The molecule has 0 saturated heterocycles. The van der Waals surface area contributed by atoms with E-state index in [9.17, 15) is 14.4 Å². The van der Waals surface area contributed by atoms with Gasteiger partial charge in [-0.1, -0.05) is 32.9 Å². The van der Waals surface area contributed by atoms with Gasteiger partial charge in [0.1, 0.15) is 11.8 Å². The molecule has 0 unspecified atom stereocenters. The zero-order valence-electron chi connectivity index (χ0n) is 17.4. The summed E-state index contributed by atoms with van der Waals surface area (Å²) in [4.78, 5) is 36.5. The van der Waals surface area contributed by atoms with Crippen molar-refractivity contribution in [2.45, 2.75) is 33.8 Å². The average Bonchev–Trinajstić information content (AvgIpc) is 2.71. The highest BCUT2D eigenvalue weighted by atomic mass is 16.6. The van der Waals surface area contributed by atoms with Gasteiger partial charge in [-0.2, -0.15) is 5.26 Å². The Morgan fingerprint density at radius 3 is 2.30 bits per heavy atom. The van der Waals surface area contributed by atoms with Crippen LogP contribution in [0, 0.1) is 16.7 Å². The number of nitrogens with zero attached hydrogens (tertiary/aromatic N) is 1. The van der Waals surface area contributed by atoms with Gasteiger partial charge >= 0.3 is 5.97 Å². The molecule has 1 amide bonds. The van der Waals surface area contributed by atoms with Crippen molar-refractivity contribution in [3.8, 4) is 11.8 Å². The van der Waals surface area contributed by atoms with Gasteiger partial charge < -0.3 is 14.8 Å². The van der Waals surface area contributed by atoms with E-state index in [0.717, 1.165) is 0 Å². The maximum atomic E-state index is 12.5. The Balaban J connectivity index is 1.91. The third-order valence-electron chi connectivity index (χ3n) is 4.14. The number of hydrogen-bond acceptors (Lipinski definition) is 6. The molecule has 2 aromatic carbocycles. The monoisotopic (exact) mass is 408 g/mol. The second-order valence-electron chi connectivity index (χ2n) is 7.67. The van der Waals surface area contributed by atoms with E-state index in [1.165, 1.54) is 6.92 Å². The fourth-order valence-corrected chi connectivity index (χ4v) is 2.38. The number of esters is 1. The second-order valence-corrected chi connectivity index (χ2v) is 7.67. The maximum absolute atomic E-state index is 12.5. The fourth-order valence-electron chi connectivity index (χ4n) is 2.38. The number of nitriles is 1. The van der Waals surface area contributed by atoms with E-state index in [-0.39, 0.29) is 17.4 Å². The van der Waals surface area contributed by atoms with Gasteiger partial charge in [-0.3, -0.25) is 9.59 Å². The van der Waals surface area contributed by atoms with E-state index in [1.54, 1.807) is 69.3 Å². The summed E-state index contributed by atoms with van der Waals surface area (Å²) in [6, 6.07) is 14.8. The molecule has 0 radical (unpaired) electrons. The van der Waals surface area contributed by atoms with Gasteiger partial charge in [0, 0.05) is 16.7 Å². The Morgan fingerprint density at radius 2 is 1.70 bits per heavy atom. The number of carbonyl (C=O) groups is 3. The minimum absolute atomic E-state index is 0.137. The van der Waals surface area contributed by atoms with E-state index in [0.29, 0.717) is 16.8 Å². The number of rotatable bonds is 7. The van der Waals surface area contributed by atoms with E-state index in [2.05, 4.69) is 5.32 Å². The number of benzene rings is 2. The van der Waals surface area contributed by atoms with Crippen LogP contribution in [-0.2, 0) is 14.3 Å². The van der Waals surface area contributed by atoms with Gasteiger partial charge in [0.25, 0.3) is 0 Å². The number of anilines is 1. The first-order valence-electron chi connectivity index (χ1n) is 9.39. The summed E-state index contributed by atoms with van der Waals surface area (Å²) in [7, 11) is 0. The summed E-state index contributed by atoms with van der Waals surface area (Å²) in [5, 5.41) is 11.8. The zero-order valence-corrected chi connectivity index (χ0v) is 17.4. The van der Waals surface area contributed by atoms with Gasteiger partial charge in [-0.15, -0.1) is 0 Å². The lowest BCUT2D eigenvalue weighted by atomic mass is 9.95. The summed E-state index contributed by atoms with van der Waals surface area (Å²) >= 11 is 0. The van der Waals surface area contributed by atoms with Gasteiger partial charge in [0.2, 0.25) is 11.7 Å². The van der Waals surface area contributed by atoms with Crippen molar-refractivity contribution in [2.75, 3.05) is 11.9 Å². The molecule has 0 aliphatic rings. The van der Waals surface area contributed by atoms with Crippen molar-refractivity contribution in [1.82, 2.24) is 0 Å². The first kappa shape index (κ1) is 22.6. The van der Waals surface area contributed by atoms with Crippen molar-refractivity contribution in [1.29, 1.82) is 5.26 Å². The standard InChI is InChI=1S/C23H24N2O5/c1-15(30-20(26)14-29-19-8-6-5-7-17(19)13-24)21(27)16-9-11-18(12-10-16)25-22(28)23(2,3)4/h5-12,15H,14H2,1-4H3,(H,25,28)/t15-/m1/s1. The van der Waals surface area contributed by atoms with Gasteiger partial charge in [0.05, 0.1) is 5.56 Å². The first-order valence-corrected chi connectivity index (χ1v) is 9.39. The van der Waals surface area contributed by atoms with Gasteiger partial charge in [0.15, 0.2) is 12.7 Å². The molecule has 30 heavy (non-hydrogen) atoms. The third-order valence-corrected chi connectivity index (χ3v) is 4.14. The van der Waals surface area contributed by atoms with Crippen LogP contribution in [0.5, 0.6) is 5.75 Å². The molecule has 0 heterocycles. The number of amides is 1. The highest BCUT2D eigenvalue weighted by Gasteiger charge is 2.22. The molecule has 0 bridgehead atoms. The molecule has 0 saturated carbocycles. The predicted molar refractivity (Wildman–Crippen MR) is 111 cm³/mol. The third kappa shape index (κ3) is 6.17. The molecule has 0 aliphatic heterocycles. The van der Waals surface area contributed by atoms with E-state index in [4.69, 9.17) is 14.7 Å². The number of carbonyl (C=O) groups excluding carboxylic acids is 3. The highest BCUT2D eigenvalue weighted by molar-refractivity contribution is 6.01. The first-order chi connectivity index (χ1) is 14.1. The summed E-state index contributed by atoms with van der Waals surface area (Å²) in [6.07, 6.45) is -1.01. The van der Waals surface area contributed by atoms with Crippen molar-refractivity contribution >= 4 is 23.3 Å². The van der Waals surface area contributed by atoms with Crippen molar-refractivity contribution in [3.05, 3.63) is 59.7 Å². The minimum Gasteiger partial charge on any atom is -0.481 e. The predicted octanol–water partition coefficient (Wildman–Crippen LogP) is 3.74. The number of para-hydroxylation sites is 1. The molecular weight excluding hydrogens is 384 g/mol. The van der Waals surface area contributed by atoms with E-state index >= 15 is 0 Å². The number of ether oxygens (including phenoxy) is 2. The molecular formula is C23H24N2O5. The van der Waals surface area contributed by atoms with E-state index in [1.807, 2.05) is 6.07 Å². The summed E-state index contributed by atoms with van der Waals surface area (Å²) < 4.78 is 10.4. The molecule has 1 N–H and O–H groups in total. The van der Waals surface area contributed by atoms with Crippen LogP contribution in [0.4, 0.5) is 5.69 Å². The van der Waals surface area contributed by atoms with Crippen LogP contribution >= 0.6 is 0 Å². The van der Waals surface area contributed by atoms with Crippen molar-refractivity contribution in [3.63, 3.8) is 0 Å². The Hall–Kier alpha value is -3.66. The summed E-state index contributed by atoms with van der Waals surface area (Å²) in [6.45, 7) is 6.46. The van der Waals surface area contributed by atoms with Crippen LogP contribution in [0.2, 0.25) is 0 Å². The number of Topliss-reactive ketones (excluding diaryl/α,β-unsaturated/α-hetero) is 1. The fraction of sp³-hybridized carbons (Fsp3) is 0.304. The SMILES string of the molecule is C[C@@H](OC(=O)COc1ccccc1C#N)C(=O)c1ccc(NC(=O)C(C)(C)C)cc1. The zero-order chi connectivity index (χ0) is 22.3. The van der Waals surface area contributed by atoms with E-state index < -0.39 is 24.1 Å². The smallest absolute Gasteiger partial charge is 0.344 e. The molecule has 156 valence electrons. The summed E-state index contributed by atoms with van der Waals surface area (Å²) in [5.74, 6) is -0.974. The lowest BCUT2D eigenvalue weighted by molar-refractivity contribution is -0.148. The quantitative estimate of drug-likeness (QED) is 0.553. The average molecular weight is 408 g/mol. The lowest BCUT2D eigenvalue weighted by Gasteiger charge is -2.18. The maximum Gasteiger partial charge on any atom is 0.344 e. The molecule has 1 atom stereocenters. The largest absolute Gasteiger partial charge is 0.481 e. The van der Waals surface area contributed by atoms with Crippen molar-refractivity contribution < 1.29 is 23.9 Å². The number of nitrogens with one attached hydrogen (secondary N) is 1. The highest BCUT2D eigenvalue weighted by Crippen LogP contribution is 2.19. The minimum atomic E-state index is -1.01. The van der Waals surface area contributed by atoms with Crippen LogP contribution in [0.15, 0.2) is 48.5 Å². The molecule has 0 fully saturated rings. The molecule has 7 heteroatoms. The topological polar surface area (TPSA) is 105 Å². The molecule has 2 rings (SSSR count). The number of ketones is 1. The van der Waals surface area contributed by atoms with Gasteiger partial charge in [-0.25, -0.2) is 4.79 Å². The van der Waals surface area contributed by atoms with Crippen LogP contribution in [0.25, 0.3) is 0 Å². The lowest BCUT2D eigenvalue weighted by Crippen LogP contribution is -2.28. The van der Waals surface area contributed by atoms with Crippen LogP contribution in [-0.4, -0.2) is 30.4 Å². The Kier molecular flexibility index (Phi) is 7.32.